The maximum atomic E-state index is 12.4. The molecule has 0 aromatic heterocycles. The lowest BCUT2D eigenvalue weighted by Crippen LogP contribution is -2.31. The standard InChI is InChI=1S/C14H20N2O3S/c1-3-10-16(11-4-2)20(17,18)14-7-5-13(6-8-14)19-12-9-15/h3-8H,1-2,9-12,15H2. The molecule has 0 atom stereocenters. The number of sulfonamides is 1. The molecule has 0 aliphatic heterocycles. The summed E-state index contributed by atoms with van der Waals surface area (Å²) in [4.78, 5) is 0.210. The lowest BCUT2D eigenvalue weighted by molar-refractivity contribution is 0.328. The summed E-state index contributed by atoms with van der Waals surface area (Å²) in [5.74, 6) is 0.591. The number of ether oxygens (including phenoxy) is 1. The maximum Gasteiger partial charge on any atom is 0.243 e. The van der Waals surface area contributed by atoms with E-state index in [1.165, 1.54) is 16.4 Å². The van der Waals surface area contributed by atoms with Crippen LogP contribution in [0.15, 0.2) is 54.5 Å². The lowest BCUT2D eigenvalue weighted by atomic mass is 10.3. The normalized spacial score (nSPS) is 11.3. The van der Waals surface area contributed by atoms with E-state index < -0.39 is 10.0 Å². The molecule has 0 saturated carbocycles. The summed E-state index contributed by atoms with van der Waals surface area (Å²) in [6.07, 6.45) is 3.08. The van der Waals surface area contributed by atoms with E-state index in [2.05, 4.69) is 13.2 Å². The van der Waals surface area contributed by atoms with Crippen LogP contribution >= 0.6 is 0 Å². The van der Waals surface area contributed by atoms with Crippen LogP contribution in [0.3, 0.4) is 0 Å². The molecule has 0 aliphatic carbocycles. The van der Waals surface area contributed by atoms with Gasteiger partial charge in [-0.1, -0.05) is 12.2 Å². The van der Waals surface area contributed by atoms with Crippen LogP contribution in [0.4, 0.5) is 0 Å². The number of rotatable bonds is 9. The number of benzene rings is 1. The van der Waals surface area contributed by atoms with Gasteiger partial charge >= 0.3 is 0 Å². The largest absolute Gasteiger partial charge is 0.492 e. The average molecular weight is 296 g/mol. The van der Waals surface area contributed by atoms with Gasteiger partial charge in [0.2, 0.25) is 10.0 Å². The summed E-state index contributed by atoms with van der Waals surface area (Å²) >= 11 is 0. The first-order valence-corrected chi connectivity index (χ1v) is 7.65. The van der Waals surface area contributed by atoms with Gasteiger partial charge in [0.15, 0.2) is 0 Å². The second kappa shape index (κ2) is 7.84. The van der Waals surface area contributed by atoms with E-state index in [9.17, 15) is 8.42 Å². The fraction of sp³-hybridized carbons (Fsp3) is 0.286. The minimum Gasteiger partial charge on any atom is -0.492 e. The van der Waals surface area contributed by atoms with Crippen LogP contribution in [0.2, 0.25) is 0 Å². The Morgan fingerprint density at radius 2 is 1.70 bits per heavy atom. The van der Waals surface area contributed by atoms with E-state index in [-0.39, 0.29) is 18.0 Å². The summed E-state index contributed by atoms with van der Waals surface area (Å²) < 4.78 is 31.4. The van der Waals surface area contributed by atoms with Crippen LogP contribution in [0, 0.1) is 0 Å². The SMILES string of the molecule is C=CCN(CC=C)S(=O)(=O)c1ccc(OCCN)cc1. The van der Waals surface area contributed by atoms with Gasteiger partial charge in [-0.3, -0.25) is 0 Å². The monoisotopic (exact) mass is 296 g/mol. The van der Waals surface area contributed by atoms with Gasteiger partial charge in [-0.05, 0) is 24.3 Å². The van der Waals surface area contributed by atoms with Gasteiger partial charge in [0, 0.05) is 19.6 Å². The highest BCUT2D eigenvalue weighted by atomic mass is 32.2. The molecule has 1 aromatic rings. The van der Waals surface area contributed by atoms with E-state index in [0.717, 1.165) is 0 Å². The highest BCUT2D eigenvalue weighted by Gasteiger charge is 2.22. The zero-order valence-corrected chi connectivity index (χ0v) is 12.2. The van der Waals surface area contributed by atoms with Crippen molar-refractivity contribution in [3.63, 3.8) is 0 Å². The summed E-state index contributed by atoms with van der Waals surface area (Å²) in [6, 6.07) is 6.26. The highest BCUT2D eigenvalue weighted by molar-refractivity contribution is 7.89. The highest BCUT2D eigenvalue weighted by Crippen LogP contribution is 2.19. The molecule has 20 heavy (non-hydrogen) atoms. The second-order valence-corrected chi connectivity index (χ2v) is 5.95. The van der Waals surface area contributed by atoms with Crippen LogP contribution in [0.5, 0.6) is 5.75 Å². The van der Waals surface area contributed by atoms with E-state index in [4.69, 9.17) is 10.5 Å². The van der Waals surface area contributed by atoms with Crippen molar-refractivity contribution in [2.75, 3.05) is 26.2 Å². The molecule has 1 rings (SSSR count). The predicted octanol–water partition coefficient (Wildman–Crippen LogP) is 1.39. The summed E-state index contributed by atoms with van der Waals surface area (Å²) in [6.45, 7) is 8.41. The summed E-state index contributed by atoms with van der Waals surface area (Å²) in [7, 11) is -3.55. The quantitative estimate of drug-likeness (QED) is 0.699. The third-order valence-corrected chi connectivity index (χ3v) is 4.36. The van der Waals surface area contributed by atoms with Crippen molar-refractivity contribution in [1.29, 1.82) is 0 Å². The molecule has 0 aliphatic rings. The van der Waals surface area contributed by atoms with Crippen LogP contribution in [0.25, 0.3) is 0 Å². The Hall–Kier alpha value is -1.63. The molecule has 0 fully saturated rings. The fourth-order valence-electron chi connectivity index (χ4n) is 1.59. The maximum absolute atomic E-state index is 12.4. The van der Waals surface area contributed by atoms with Crippen LogP contribution in [-0.4, -0.2) is 39.0 Å². The minimum absolute atomic E-state index is 0.210. The van der Waals surface area contributed by atoms with Gasteiger partial charge in [-0.2, -0.15) is 4.31 Å². The van der Waals surface area contributed by atoms with Gasteiger partial charge in [0.05, 0.1) is 4.90 Å². The zero-order chi connectivity index (χ0) is 15.0. The van der Waals surface area contributed by atoms with Crippen molar-refractivity contribution in [2.24, 2.45) is 5.73 Å². The Labute approximate surface area is 120 Å². The first kappa shape index (κ1) is 16.4. The fourth-order valence-corrected chi connectivity index (χ4v) is 2.97. The molecule has 110 valence electrons. The Morgan fingerprint density at radius 3 is 2.15 bits per heavy atom. The van der Waals surface area contributed by atoms with Crippen molar-refractivity contribution in [2.45, 2.75) is 4.90 Å². The molecule has 0 unspecified atom stereocenters. The van der Waals surface area contributed by atoms with Crippen molar-refractivity contribution in [1.82, 2.24) is 4.31 Å². The molecule has 0 bridgehead atoms. The molecule has 0 saturated heterocycles. The number of nitrogens with two attached hydrogens (primary N) is 1. The summed E-state index contributed by atoms with van der Waals surface area (Å²) in [5, 5.41) is 0. The van der Waals surface area contributed by atoms with Gasteiger partial charge < -0.3 is 10.5 Å². The van der Waals surface area contributed by atoms with E-state index in [1.54, 1.807) is 24.3 Å². The van der Waals surface area contributed by atoms with Crippen molar-refractivity contribution < 1.29 is 13.2 Å². The minimum atomic E-state index is -3.55. The van der Waals surface area contributed by atoms with Crippen LogP contribution in [0.1, 0.15) is 0 Å². The first-order valence-electron chi connectivity index (χ1n) is 6.21. The molecule has 0 radical (unpaired) electrons. The van der Waals surface area contributed by atoms with E-state index >= 15 is 0 Å². The Balaban J connectivity index is 2.95. The van der Waals surface area contributed by atoms with Gasteiger partial charge in [-0.15, -0.1) is 13.2 Å². The molecule has 6 heteroatoms. The second-order valence-electron chi connectivity index (χ2n) is 4.01. The van der Waals surface area contributed by atoms with Gasteiger partial charge in [-0.25, -0.2) is 8.42 Å². The Morgan fingerprint density at radius 1 is 1.15 bits per heavy atom. The lowest BCUT2D eigenvalue weighted by Gasteiger charge is -2.19. The molecular weight excluding hydrogens is 276 g/mol. The van der Waals surface area contributed by atoms with Crippen molar-refractivity contribution >= 4 is 10.0 Å². The Kier molecular flexibility index (Phi) is 6.44. The predicted molar refractivity (Wildman–Crippen MR) is 80.1 cm³/mol. The number of nitrogens with zero attached hydrogens (tertiary/aromatic N) is 1. The van der Waals surface area contributed by atoms with Crippen LogP contribution in [-0.2, 0) is 10.0 Å². The number of hydrogen-bond donors (Lipinski definition) is 1. The van der Waals surface area contributed by atoms with Crippen molar-refractivity contribution in [3.8, 4) is 5.75 Å². The molecule has 2 N–H and O–H groups in total. The van der Waals surface area contributed by atoms with Crippen molar-refractivity contribution in [3.05, 3.63) is 49.6 Å². The smallest absolute Gasteiger partial charge is 0.243 e. The number of hydrogen-bond acceptors (Lipinski definition) is 4. The zero-order valence-electron chi connectivity index (χ0n) is 11.4. The third-order valence-electron chi connectivity index (χ3n) is 2.51. The average Bonchev–Trinajstić information content (AvgIpc) is 2.45. The van der Waals surface area contributed by atoms with Gasteiger partial charge in [0.25, 0.3) is 0 Å². The van der Waals surface area contributed by atoms with Gasteiger partial charge in [0.1, 0.15) is 12.4 Å². The molecule has 0 amide bonds. The van der Waals surface area contributed by atoms with Crippen LogP contribution < -0.4 is 10.5 Å². The first-order chi connectivity index (χ1) is 9.56. The molecule has 1 aromatic carbocycles. The Bertz CT molecular complexity index is 528. The van der Waals surface area contributed by atoms with E-state index in [1.807, 2.05) is 0 Å². The topological polar surface area (TPSA) is 72.6 Å². The third kappa shape index (κ3) is 4.19. The molecular formula is C14H20N2O3S. The van der Waals surface area contributed by atoms with E-state index in [0.29, 0.717) is 18.9 Å². The summed E-state index contributed by atoms with van der Waals surface area (Å²) in [5.41, 5.74) is 5.34. The molecule has 5 nitrogen and oxygen atoms in total. The molecule has 0 spiro atoms. The molecule has 0 heterocycles.